The smallest absolute Gasteiger partial charge is 0.301 e. The van der Waals surface area contributed by atoms with E-state index in [1.165, 1.54) is 6.20 Å². The van der Waals surface area contributed by atoms with Crippen molar-refractivity contribution in [2.24, 2.45) is 0 Å². The summed E-state index contributed by atoms with van der Waals surface area (Å²) in [5, 5.41) is -0.147. The van der Waals surface area contributed by atoms with Crippen LogP contribution in [0.3, 0.4) is 0 Å². The molecule has 1 fully saturated rings. The monoisotopic (exact) mass is 335 g/mol. The normalized spacial score (nSPS) is 18.2. The average Bonchev–Trinajstić information content (AvgIpc) is 2.46. The summed E-state index contributed by atoms with van der Waals surface area (Å²) in [6.07, 6.45) is -0.820. The van der Waals surface area contributed by atoms with E-state index < -0.39 is 17.2 Å². The van der Waals surface area contributed by atoms with Crippen molar-refractivity contribution in [3.05, 3.63) is 34.3 Å². The molecule has 1 saturated heterocycles. The SMILES string of the molecule is CN1CCCN(c2ccc(Cl)nc2)C1=C(Cl)C(=O)C(F)F. The number of hydrogen-bond donors (Lipinski definition) is 0. The average molecular weight is 336 g/mol. The second-order valence-electron chi connectivity index (χ2n) is 4.57. The Morgan fingerprint density at radius 1 is 1.38 bits per heavy atom. The molecule has 0 radical (unpaired) electrons. The van der Waals surface area contributed by atoms with Gasteiger partial charge in [0.05, 0.1) is 11.9 Å². The van der Waals surface area contributed by atoms with Gasteiger partial charge in [0.2, 0.25) is 5.78 Å². The molecule has 0 atom stereocenters. The molecule has 0 unspecified atom stereocenters. The van der Waals surface area contributed by atoms with Crippen LogP contribution >= 0.6 is 23.2 Å². The van der Waals surface area contributed by atoms with Gasteiger partial charge in [-0.2, -0.15) is 0 Å². The van der Waals surface area contributed by atoms with Crippen molar-refractivity contribution in [2.45, 2.75) is 12.8 Å². The number of aromatic nitrogens is 1. The van der Waals surface area contributed by atoms with E-state index in [-0.39, 0.29) is 5.82 Å². The van der Waals surface area contributed by atoms with Crippen LogP contribution in [0.1, 0.15) is 6.42 Å². The Balaban J connectivity index is 2.44. The molecule has 21 heavy (non-hydrogen) atoms. The van der Waals surface area contributed by atoms with Crippen LogP contribution in [0.25, 0.3) is 0 Å². The Labute approximate surface area is 130 Å². The molecule has 8 heteroatoms. The summed E-state index contributed by atoms with van der Waals surface area (Å²) >= 11 is 11.6. The predicted molar refractivity (Wildman–Crippen MR) is 77.7 cm³/mol. The van der Waals surface area contributed by atoms with E-state index in [4.69, 9.17) is 23.2 Å². The topological polar surface area (TPSA) is 36.4 Å². The maximum atomic E-state index is 12.6. The highest BCUT2D eigenvalue weighted by atomic mass is 35.5. The Morgan fingerprint density at radius 3 is 2.67 bits per heavy atom. The number of pyridine rings is 1. The third-order valence-electron chi connectivity index (χ3n) is 3.13. The Morgan fingerprint density at radius 2 is 2.10 bits per heavy atom. The van der Waals surface area contributed by atoms with Gasteiger partial charge in [-0.05, 0) is 18.6 Å². The number of anilines is 1. The van der Waals surface area contributed by atoms with Gasteiger partial charge in [-0.1, -0.05) is 23.2 Å². The zero-order valence-corrected chi connectivity index (χ0v) is 12.7. The molecule has 1 aliphatic rings. The van der Waals surface area contributed by atoms with Crippen LogP contribution in [0.5, 0.6) is 0 Å². The first kappa shape index (κ1) is 16.0. The highest BCUT2D eigenvalue weighted by molar-refractivity contribution is 6.43. The van der Waals surface area contributed by atoms with Crippen molar-refractivity contribution in [1.29, 1.82) is 0 Å². The summed E-state index contributed by atoms with van der Waals surface area (Å²) in [5.41, 5.74) is 0.640. The van der Waals surface area contributed by atoms with Crippen LogP contribution in [-0.2, 0) is 4.79 Å². The van der Waals surface area contributed by atoms with E-state index in [1.54, 1.807) is 29.0 Å². The molecule has 0 aliphatic carbocycles. The van der Waals surface area contributed by atoms with Crippen molar-refractivity contribution >= 4 is 34.7 Å². The number of ketones is 1. The number of hydrogen-bond acceptors (Lipinski definition) is 4. The fourth-order valence-corrected chi connectivity index (χ4v) is 2.60. The Bertz CT molecular complexity index is 563. The molecule has 0 aromatic carbocycles. The number of carbonyl (C=O) groups excluding carboxylic acids is 1. The maximum Gasteiger partial charge on any atom is 0.301 e. The molecule has 2 heterocycles. The first-order valence-corrected chi connectivity index (χ1v) is 6.99. The van der Waals surface area contributed by atoms with E-state index in [9.17, 15) is 13.6 Å². The lowest BCUT2D eigenvalue weighted by Gasteiger charge is -2.39. The van der Waals surface area contributed by atoms with E-state index in [0.717, 1.165) is 6.42 Å². The van der Waals surface area contributed by atoms with E-state index >= 15 is 0 Å². The molecule has 2 rings (SSSR count). The van der Waals surface area contributed by atoms with Gasteiger partial charge in [0.15, 0.2) is 0 Å². The zero-order valence-electron chi connectivity index (χ0n) is 11.2. The van der Waals surface area contributed by atoms with Crippen LogP contribution in [-0.4, -0.2) is 42.2 Å². The van der Waals surface area contributed by atoms with E-state index in [2.05, 4.69) is 4.98 Å². The van der Waals surface area contributed by atoms with E-state index in [0.29, 0.717) is 23.9 Å². The lowest BCUT2D eigenvalue weighted by molar-refractivity contribution is -0.125. The minimum Gasteiger partial charge on any atom is -0.360 e. The highest BCUT2D eigenvalue weighted by Crippen LogP contribution is 2.29. The molecular formula is C13H13Cl2F2N3O. The van der Waals surface area contributed by atoms with Crippen LogP contribution < -0.4 is 4.90 Å². The van der Waals surface area contributed by atoms with Gasteiger partial charge in [-0.25, -0.2) is 13.8 Å². The fourth-order valence-electron chi connectivity index (χ4n) is 2.15. The number of Topliss-reactive ketones (excluding diaryl/α,β-unsaturated/α-hetero) is 1. The number of rotatable bonds is 3. The predicted octanol–water partition coefficient (Wildman–Crippen LogP) is 3.12. The molecule has 0 saturated carbocycles. The molecule has 0 N–H and O–H groups in total. The third kappa shape index (κ3) is 3.44. The maximum absolute atomic E-state index is 12.6. The molecule has 1 aliphatic heterocycles. The summed E-state index contributed by atoms with van der Waals surface area (Å²) in [6.45, 7) is 1.18. The number of halogens is 4. The van der Waals surface area contributed by atoms with Crippen molar-refractivity contribution < 1.29 is 13.6 Å². The van der Waals surface area contributed by atoms with Gasteiger partial charge in [0.25, 0.3) is 0 Å². The van der Waals surface area contributed by atoms with Crippen molar-refractivity contribution in [3.63, 3.8) is 0 Å². The van der Waals surface area contributed by atoms with Gasteiger partial charge in [-0.3, -0.25) is 4.79 Å². The van der Waals surface area contributed by atoms with Crippen LogP contribution in [0.15, 0.2) is 29.2 Å². The summed E-state index contributed by atoms with van der Waals surface area (Å²) in [5.74, 6) is -1.12. The molecule has 0 amide bonds. The molecule has 1 aromatic heterocycles. The lowest BCUT2D eigenvalue weighted by Crippen LogP contribution is -2.42. The minimum atomic E-state index is -3.13. The molecule has 0 bridgehead atoms. The third-order valence-corrected chi connectivity index (χ3v) is 3.71. The van der Waals surface area contributed by atoms with Gasteiger partial charge >= 0.3 is 6.43 Å². The fraction of sp³-hybridized carbons (Fsp3) is 0.385. The first-order valence-electron chi connectivity index (χ1n) is 6.24. The Hall–Kier alpha value is -1.40. The van der Waals surface area contributed by atoms with Crippen LogP contribution in [0.2, 0.25) is 5.15 Å². The second kappa shape index (κ2) is 6.58. The number of nitrogens with zero attached hydrogens (tertiary/aromatic N) is 3. The molecule has 0 spiro atoms. The summed E-state index contributed by atoms with van der Waals surface area (Å²) in [4.78, 5) is 18.8. The van der Waals surface area contributed by atoms with Crippen LogP contribution in [0.4, 0.5) is 14.5 Å². The van der Waals surface area contributed by atoms with E-state index in [1.807, 2.05) is 0 Å². The molecular weight excluding hydrogens is 323 g/mol. The van der Waals surface area contributed by atoms with Gasteiger partial charge in [-0.15, -0.1) is 0 Å². The largest absolute Gasteiger partial charge is 0.360 e. The van der Waals surface area contributed by atoms with Crippen molar-refractivity contribution in [3.8, 4) is 0 Å². The van der Waals surface area contributed by atoms with Gasteiger partial charge < -0.3 is 9.80 Å². The first-order chi connectivity index (χ1) is 9.91. The quantitative estimate of drug-likeness (QED) is 0.628. The summed E-state index contributed by atoms with van der Waals surface area (Å²) in [7, 11) is 1.70. The highest BCUT2D eigenvalue weighted by Gasteiger charge is 2.30. The summed E-state index contributed by atoms with van der Waals surface area (Å²) < 4.78 is 25.2. The second-order valence-corrected chi connectivity index (χ2v) is 5.33. The number of alkyl halides is 2. The van der Waals surface area contributed by atoms with Crippen molar-refractivity contribution in [1.82, 2.24) is 9.88 Å². The molecule has 1 aromatic rings. The Kier molecular flexibility index (Phi) is 5.00. The standard InChI is InChI=1S/C13H13Cl2F2N3O/c1-19-5-2-6-20(8-3-4-9(14)18-7-8)13(19)10(15)11(21)12(16)17/h3-4,7,12H,2,5-6H2,1H3. The minimum absolute atomic E-state index is 0.261. The number of carbonyl (C=O) groups is 1. The van der Waals surface area contributed by atoms with Crippen molar-refractivity contribution in [2.75, 3.05) is 25.0 Å². The van der Waals surface area contributed by atoms with Gasteiger partial charge in [0.1, 0.15) is 16.0 Å². The zero-order chi connectivity index (χ0) is 15.6. The van der Waals surface area contributed by atoms with Crippen LogP contribution in [0, 0.1) is 0 Å². The molecule has 114 valence electrons. The lowest BCUT2D eigenvalue weighted by atomic mass is 10.2. The number of allylic oxidation sites excluding steroid dienone is 1. The van der Waals surface area contributed by atoms with Gasteiger partial charge in [0, 0.05) is 20.1 Å². The molecule has 4 nitrogen and oxygen atoms in total. The summed E-state index contributed by atoms with van der Waals surface area (Å²) in [6, 6.07) is 3.29.